The van der Waals surface area contributed by atoms with Crippen LogP contribution >= 0.6 is 15.9 Å². The standard InChI is InChI=1S/C17H19BrO3/c1-11(2)21-14-7-4-12(5-8-14)17(19)13-6-9-16(20-3)15(18)10-13/h4-11,17,19H,1-3H3. The van der Waals surface area contributed by atoms with Crippen LogP contribution < -0.4 is 9.47 Å². The molecule has 1 unspecified atom stereocenters. The number of rotatable bonds is 5. The fourth-order valence-electron chi connectivity index (χ4n) is 2.05. The van der Waals surface area contributed by atoms with Crippen molar-refractivity contribution in [1.82, 2.24) is 0 Å². The van der Waals surface area contributed by atoms with Gasteiger partial charge in [-0.25, -0.2) is 0 Å². The summed E-state index contributed by atoms with van der Waals surface area (Å²) in [6.07, 6.45) is -0.543. The first-order valence-electron chi connectivity index (χ1n) is 6.79. The van der Waals surface area contributed by atoms with E-state index in [0.29, 0.717) is 0 Å². The first-order chi connectivity index (χ1) is 10.0. The summed E-state index contributed by atoms with van der Waals surface area (Å²) < 4.78 is 11.6. The first-order valence-corrected chi connectivity index (χ1v) is 7.58. The summed E-state index contributed by atoms with van der Waals surface area (Å²) in [4.78, 5) is 0. The van der Waals surface area contributed by atoms with Gasteiger partial charge in [0.1, 0.15) is 17.6 Å². The average molecular weight is 351 g/mol. The second-order valence-electron chi connectivity index (χ2n) is 5.03. The Kier molecular flexibility index (Phi) is 5.26. The van der Waals surface area contributed by atoms with Crippen molar-refractivity contribution in [2.24, 2.45) is 0 Å². The van der Waals surface area contributed by atoms with Gasteiger partial charge in [0.25, 0.3) is 0 Å². The Morgan fingerprint density at radius 3 is 2.14 bits per heavy atom. The first kappa shape index (κ1) is 15.9. The maximum Gasteiger partial charge on any atom is 0.133 e. The molecule has 112 valence electrons. The highest BCUT2D eigenvalue weighted by atomic mass is 79.9. The van der Waals surface area contributed by atoms with Crippen LogP contribution in [0.25, 0.3) is 0 Å². The number of benzene rings is 2. The zero-order chi connectivity index (χ0) is 15.4. The Morgan fingerprint density at radius 2 is 1.62 bits per heavy atom. The molecule has 2 aromatic carbocycles. The lowest BCUT2D eigenvalue weighted by Crippen LogP contribution is -2.06. The van der Waals surface area contributed by atoms with Crippen LogP contribution in [0.5, 0.6) is 11.5 Å². The van der Waals surface area contributed by atoms with Crippen molar-refractivity contribution < 1.29 is 14.6 Å². The van der Waals surface area contributed by atoms with Gasteiger partial charge >= 0.3 is 0 Å². The molecule has 0 amide bonds. The summed E-state index contributed by atoms with van der Waals surface area (Å²) in [5.41, 5.74) is 1.63. The monoisotopic (exact) mass is 350 g/mol. The normalized spacial score (nSPS) is 12.3. The molecule has 0 aliphatic carbocycles. The van der Waals surface area contributed by atoms with Gasteiger partial charge < -0.3 is 14.6 Å². The minimum absolute atomic E-state index is 0.137. The second kappa shape index (κ2) is 6.96. The van der Waals surface area contributed by atoms with Gasteiger partial charge in [-0.05, 0) is 65.2 Å². The summed E-state index contributed by atoms with van der Waals surface area (Å²) in [7, 11) is 1.61. The molecular formula is C17H19BrO3. The number of aliphatic hydroxyl groups is 1. The molecule has 0 aliphatic rings. The fraction of sp³-hybridized carbons (Fsp3) is 0.294. The molecule has 1 N–H and O–H groups in total. The van der Waals surface area contributed by atoms with Crippen LogP contribution in [-0.4, -0.2) is 18.3 Å². The molecule has 3 nitrogen and oxygen atoms in total. The van der Waals surface area contributed by atoms with Crippen LogP contribution in [-0.2, 0) is 0 Å². The zero-order valence-corrected chi connectivity index (χ0v) is 13.9. The van der Waals surface area contributed by atoms with Crippen LogP contribution in [0.4, 0.5) is 0 Å². The summed E-state index contributed by atoms with van der Waals surface area (Å²) in [5.74, 6) is 1.54. The van der Waals surface area contributed by atoms with Crippen LogP contribution in [0, 0.1) is 0 Å². The largest absolute Gasteiger partial charge is 0.496 e. The lowest BCUT2D eigenvalue weighted by molar-refractivity contribution is 0.219. The maximum atomic E-state index is 10.5. The van der Waals surface area contributed by atoms with Crippen molar-refractivity contribution in [3.8, 4) is 11.5 Å². The predicted octanol–water partition coefficient (Wildman–Crippen LogP) is 4.33. The quantitative estimate of drug-likeness (QED) is 0.872. The lowest BCUT2D eigenvalue weighted by atomic mass is 10.0. The van der Waals surface area contributed by atoms with E-state index in [0.717, 1.165) is 27.1 Å². The second-order valence-corrected chi connectivity index (χ2v) is 5.89. The number of hydrogen-bond acceptors (Lipinski definition) is 3. The van der Waals surface area contributed by atoms with E-state index in [1.54, 1.807) is 7.11 Å². The highest BCUT2D eigenvalue weighted by Gasteiger charge is 2.12. The molecule has 0 saturated carbocycles. The third-order valence-electron chi connectivity index (χ3n) is 3.06. The number of methoxy groups -OCH3 is 1. The van der Waals surface area contributed by atoms with Crippen LogP contribution in [0.1, 0.15) is 31.1 Å². The Morgan fingerprint density at radius 1 is 1.00 bits per heavy atom. The molecule has 0 bridgehead atoms. The Hall–Kier alpha value is -1.52. The topological polar surface area (TPSA) is 38.7 Å². The number of halogens is 1. The van der Waals surface area contributed by atoms with Crippen molar-refractivity contribution >= 4 is 15.9 Å². The maximum absolute atomic E-state index is 10.5. The van der Waals surface area contributed by atoms with E-state index >= 15 is 0 Å². The SMILES string of the molecule is COc1ccc(C(O)c2ccc(OC(C)C)cc2)cc1Br. The predicted molar refractivity (Wildman–Crippen MR) is 87.0 cm³/mol. The molecule has 0 aliphatic heterocycles. The van der Waals surface area contributed by atoms with E-state index < -0.39 is 6.10 Å². The third kappa shape index (κ3) is 3.99. The minimum Gasteiger partial charge on any atom is -0.496 e. The number of ether oxygens (including phenoxy) is 2. The summed E-state index contributed by atoms with van der Waals surface area (Å²) in [6.45, 7) is 3.97. The van der Waals surface area contributed by atoms with Gasteiger partial charge in [-0.15, -0.1) is 0 Å². The minimum atomic E-state index is -0.680. The summed E-state index contributed by atoms with van der Waals surface area (Å²) >= 11 is 3.43. The molecule has 4 heteroatoms. The van der Waals surface area contributed by atoms with E-state index in [9.17, 15) is 5.11 Å². The summed E-state index contributed by atoms with van der Waals surface area (Å²) in [6, 6.07) is 13.0. The van der Waals surface area contributed by atoms with Crippen LogP contribution in [0.3, 0.4) is 0 Å². The molecule has 0 fully saturated rings. The Labute approximate surface area is 133 Å². The number of aliphatic hydroxyl groups excluding tert-OH is 1. The molecule has 0 radical (unpaired) electrons. The smallest absolute Gasteiger partial charge is 0.133 e. The van der Waals surface area contributed by atoms with E-state index in [1.807, 2.05) is 56.3 Å². The molecule has 0 heterocycles. The van der Waals surface area contributed by atoms with Crippen molar-refractivity contribution in [3.05, 3.63) is 58.1 Å². The number of hydrogen-bond donors (Lipinski definition) is 1. The van der Waals surface area contributed by atoms with Gasteiger partial charge in [0.05, 0.1) is 17.7 Å². The zero-order valence-electron chi connectivity index (χ0n) is 12.3. The molecule has 0 saturated heterocycles. The van der Waals surface area contributed by atoms with Gasteiger partial charge in [0.2, 0.25) is 0 Å². The summed E-state index contributed by atoms with van der Waals surface area (Å²) in [5, 5.41) is 10.5. The van der Waals surface area contributed by atoms with Crippen molar-refractivity contribution in [2.75, 3.05) is 7.11 Å². The van der Waals surface area contributed by atoms with Gasteiger partial charge in [0.15, 0.2) is 0 Å². The molecule has 0 spiro atoms. The van der Waals surface area contributed by atoms with Gasteiger partial charge in [-0.2, -0.15) is 0 Å². The van der Waals surface area contributed by atoms with Crippen LogP contribution in [0.15, 0.2) is 46.9 Å². The molecule has 21 heavy (non-hydrogen) atoms. The van der Waals surface area contributed by atoms with E-state index in [2.05, 4.69) is 15.9 Å². The van der Waals surface area contributed by atoms with Gasteiger partial charge in [0, 0.05) is 0 Å². The molecule has 0 aromatic heterocycles. The van der Waals surface area contributed by atoms with E-state index in [4.69, 9.17) is 9.47 Å². The molecular weight excluding hydrogens is 332 g/mol. The highest BCUT2D eigenvalue weighted by molar-refractivity contribution is 9.10. The van der Waals surface area contributed by atoms with E-state index in [-0.39, 0.29) is 6.10 Å². The van der Waals surface area contributed by atoms with E-state index in [1.165, 1.54) is 0 Å². The molecule has 2 rings (SSSR count). The lowest BCUT2D eigenvalue weighted by Gasteiger charge is -2.15. The van der Waals surface area contributed by atoms with Crippen LogP contribution in [0.2, 0.25) is 0 Å². The Balaban J connectivity index is 2.19. The highest BCUT2D eigenvalue weighted by Crippen LogP contribution is 2.31. The van der Waals surface area contributed by atoms with Crippen molar-refractivity contribution in [3.63, 3.8) is 0 Å². The molecule has 2 aromatic rings. The van der Waals surface area contributed by atoms with Crippen molar-refractivity contribution in [1.29, 1.82) is 0 Å². The fourth-order valence-corrected chi connectivity index (χ4v) is 2.60. The third-order valence-corrected chi connectivity index (χ3v) is 3.68. The van der Waals surface area contributed by atoms with Gasteiger partial charge in [-0.3, -0.25) is 0 Å². The van der Waals surface area contributed by atoms with Crippen molar-refractivity contribution in [2.45, 2.75) is 26.1 Å². The Bertz CT molecular complexity index is 593. The average Bonchev–Trinajstić information content (AvgIpc) is 2.46. The molecule has 1 atom stereocenters. The van der Waals surface area contributed by atoms with Gasteiger partial charge in [-0.1, -0.05) is 18.2 Å².